The van der Waals surface area contributed by atoms with Gasteiger partial charge in [-0.25, -0.2) is 8.42 Å². The Morgan fingerprint density at radius 2 is 1.53 bits per heavy atom. The molecule has 1 amide bonds. The van der Waals surface area contributed by atoms with E-state index in [1.165, 1.54) is 17.1 Å². The number of amides is 1. The van der Waals surface area contributed by atoms with E-state index >= 15 is 0 Å². The SMILES string of the molecule is O=C(CN1CCN(S(=O)(=O)c2ccc(C(F)(F)F)cc2)CC1)NC1CCCCCC1. The number of nitrogens with zero attached hydrogens (tertiary/aromatic N) is 2. The van der Waals surface area contributed by atoms with Crippen LogP contribution in [0.25, 0.3) is 0 Å². The van der Waals surface area contributed by atoms with Gasteiger partial charge in [-0.3, -0.25) is 9.69 Å². The van der Waals surface area contributed by atoms with Crippen molar-refractivity contribution in [3.63, 3.8) is 0 Å². The molecule has 1 N–H and O–H groups in total. The van der Waals surface area contributed by atoms with Crippen molar-refractivity contribution < 1.29 is 26.4 Å². The molecule has 0 radical (unpaired) electrons. The number of alkyl halides is 3. The lowest BCUT2D eigenvalue weighted by Crippen LogP contribution is -2.51. The van der Waals surface area contributed by atoms with E-state index in [9.17, 15) is 26.4 Å². The highest BCUT2D eigenvalue weighted by atomic mass is 32.2. The minimum Gasteiger partial charge on any atom is -0.352 e. The van der Waals surface area contributed by atoms with Crippen molar-refractivity contribution in [2.75, 3.05) is 32.7 Å². The lowest BCUT2D eigenvalue weighted by Gasteiger charge is -2.33. The van der Waals surface area contributed by atoms with Crippen LogP contribution >= 0.6 is 0 Å². The second-order valence-electron chi connectivity index (χ2n) is 7.96. The smallest absolute Gasteiger partial charge is 0.352 e. The van der Waals surface area contributed by atoms with Crippen molar-refractivity contribution in [1.29, 1.82) is 0 Å². The van der Waals surface area contributed by atoms with Gasteiger partial charge < -0.3 is 5.32 Å². The highest BCUT2D eigenvalue weighted by Crippen LogP contribution is 2.30. The van der Waals surface area contributed by atoms with E-state index in [1.54, 1.807) is 0 Å². The van der Waals surface area contributed by atoms with Crippen molar-refractivity contribution >= 4 is 15.9 Å². The van der Waals surface area contributed by atoms with Crippen LogP contribution in [0, 0.1) is 0 Å². The third kappa shape index (κ3) is 5.95. The van der Waals surface area contributed by atoms with Gasteiger partial charge in [0.2, 0.25) is 15.9 Å². The van der Waals surface area contributed by atoms with Crippen LogP contribution in [0.2, 0.25) is 0 Å². The second-order valence-corrected chi connectivity index (χ2v) is 9.90. The third-order valence-corrected chi connectivity index (χ3v) is 7.65. The zero-order valence-corrected chi connectivity index (χ0v) is 17.6. The Bertz CT molecular complexity index is 812. The van der Waals surface area contributed by atoms with Crippen LogP contribution in [0.1, 0.15) is 44.1 Å². The molecule has 0 spiro atoms. The average molecular weight is 448 g/mol. The molecule has 0 unspecified atom stereocenters. The summed E-state index contributed by atoms with van der Waals surface area (Å²) in [6, 6.07) is 3.76. The fraction of sp³-hybridized carbons (Fsp3) is 0.650. The molecular weight excluding hydrogens is 419 g/mol. The molecule has 0 atom stereocenters. The highest BCUT2D eigenvalue weighted by molar-refractivity contribution is 7.89. The van der Waals surface area contributed by atoms with Gasteiger partial charge in [0.15, 0.2) is 0 Å². The van der Waals surface area contributed by atoms with Crippen molar-refractivity contribution in [1.82, 2.24) is 14.5 Å². The molecule has 1 saturated carbocycles. The van der Waals surface area contributed by atoms with Crippen LogP contribution in [0.3, 0.4) is 0 Å². The second kappa shape index (κ2) is 9.65. The number of sulfonamides is 1. The fourth-order valence-corrected chi connectivity index (χ4v) is 5.42. The lowest BCUT2D eigenvalue weighted by atomic mass is 10.1. The molecule has 0 aromatic heterocycles. The Hall–Kier alpha value is -1.65. The molecule has 1 aromatic rings. The molecule has 1 saturated heterocycles. The minimum absolute atomic E-state index is 0.0408. The van der Waals surface area contributed by atoms with E-state index < -0.39 is 21.8 Å². The summed E-state index contributed by atoms with van der Waals surface area (Å²) in [4.78, 5) is 14.1. The van der Waals surface area contributed by atoms with Crippen molar-refractivity contribution in [2.24, 2.45) is 0 Å². The number of benzene rings is 1. The summed E-state index contributed by atoms with van der Waals surface area (Å²) in [5.74, 6) is -0.0408. The number of rotatable bonds is 5. The Morgan fingerprint density at radius 1 is 0.967 bits per heavy atom. The first-order valence-electron chi connectivity index (χ1n) is 10.4. The van der Waals surface area contributed by atoms with Crippen LogP contribution in [-0.4, -0.2) is 62.3 Å². The Balaban J connectivity index is 1.51. The van der Waals surface area contributed by atoms with Gasteiger partial charge in [0.1, 0.15) is 0 Å². The normalized spacial score (nSPS) is 20.6. The summed E-state index contributed by atoms with van der Waals surface area (Å²) in [6.07, 6.45) is 2.18. The van der Waals surface area contributed by atoms with Crippen LogP contribution in [0.15, 0.2) is 29.2 Å². The molecule has 2 aliphatic rings. The summed E-state index contributed by atoms with van der Waals surface area (Å²) >= 11 is 0. The van der Waals surface area contributed by atoms with Gasteiger partial charge in [-0.15, -0.1) is 0 Å². The molecule has 6 nitrogen and oxygen atoms in total. The summed E-state index contributed by atoms with van der Waals surface area (Å²) in [7, 11) is -3.86. The molecule has 168 valence electrons. The Kier molecular flexibility index (Phi) is 7.41. The largest absolute Gasteiger partial charge is 0.416 e. The monoisotopic (exact) mass is 447 g/mol. The van der Waals surface area contributed by atoms with Crippen molar-refractivity contribution in [3.8, 4) is 0 Å². The third-order valence-electron chi connectivity index (χ3n) is 5.74. The molecule has 2 fully saturated rings. The maximum Gasteiger partial charge on any atom is 0.416 e. The first kappa shape index (κ1) is 23.0. The van der Waals surface area contributed by atoms with Gasteiger partial charge in [0.05, 0.1) is 17.0 Å². The topological polar surface area (TPSA) is 69.7 Å². The summed E-state index contributed by atoms with van der Waals surface area (Å²) in [5, 5.41) is 3.09. The number of piperazine rings is 1. The molecule has 3 rings (SSSR count). The zero-order valence-electron chi connectivity index (χ0n) is 16.8. The van der Waals surface area contributed by atoms with Gasteiger partial charge in [-0.2, -0.15) is 17.5 Å². The van der Waals surface area contributed by atoms with E-state index in [0.717, 1.165) is 49.9 Å². The average Bonchev–Trinajstić information content (AvgIpc) is 2.96. The van der Waals surface area contributed by atoms with Gasteiger partial charge in [-0.1, -0.05) is 25.7 Å². The maximum atomic E-state index is 12.7. The van der Waals surface area contributed by atoms with Crippen LogP contribution in [-0.2, 0) is 21.0 Å². The predicted molar refractivity (Wildman–Crippen MR) is 106 cm³/mol. The minimum atomic E-state index is -4.51. The van der Waals surface area contributed by atoms with Gasteiger partial charge in [-0.05, 0) is 37.1 Å². The first-order chi connectivity index (χ1) is 14.2. The molecule has 0 bridgehead atoms. The zero-order chi connectivity index (χ0) is 21.8. The van der Waals surface area contributed by atoms with Gasteiger partial charge in [0, 0.05) is 32.2 Å². The number of halogens is 3. The van der Waals surface area contributed by atoms with E-state index in [2.05, 4.69) is 5.32 Å². The number of carbonyl (C=O) groups is 1. The maximum absolute atomic E-state index is 12.7. The lowest BCUT2D eigenvalue weighted by molar-refractivity contribution is -0.137. The van der Waals surface area contributed by atoms with Crippen LogP contribution in [0.4, 0.5) is 13.2 Å². The predicted octanol–water partition coefficient (Wildman–Crippen LogP) is 2.85. The number of hydrogen-bond acceptors (Lipinski definition) is 4. The highest BCUT2D eigenvalue weighted by Gasteiger charge is 2.33. The molecule has 1 aliphatic heterocycles. The van der Waals surface area contributed by atoms with E-state index in [-0.39, 0.29) is 36.5 Å². The molecule has 1 aliphatic carbocycles. The van der Waals surface area contributed by atoms with E-state index in [0.29, 0.717) is 13.1 Å². The molecular formula is C20H28F3N3O3S. The summed E-state index contributed by atoms with van der Waals surface area (Å²) in [6.45, 7) is 1.42. The standard InChI is InChI=1S/C20H28F3N3O3S/c21-20(22,23)16-7-9-18(10-8-16)30(28,29)26-13-11-25(12-14-26)15-19(27)24-17-5-3-1-2-4-6-17/h7-10,17H,1-6,11-15H2,(H,24,27). The molecule has 30 heavy (non-hydrogen) atoms. The van der Waals surface area contributed by atoms with Gasteiger partial charge in [0.25, 0.3) is 0 Å². The summed E-state index contributed by atoms with van der Waals surface area (Å²) < 4.78 is 64.8. The molecule has 10 heteroatoms. The van der Waals surface area contributed by atoms with Crippen molar-refractivity contribution in [2.45, 2.75) is 55.6 Å². The van der Waals surface area contributed by atoms with E-state index in [4.69, 9.17) is 0 Å². The van der Waals surface area contributed by atoms with E-state index in [1.807, 2.05) is 4.90 Å². The Morgan fingerprint density at radius 3 is 2.07 bits per heavy atom. The van der Waals surface area contributed by atoms with Crippen LogP contribution < -0.4 is 5.32 Å². The number of hydrogen-bond donors (Lipinski definition) is 1. The quantitative estimate of drug-likeness (QED) is 0.705. The van der Waals surface area contributed by atoms with Gasteiger partial charge >= 0.3 is 6.18 Å². The first-order valence-corrected chi connectivity index (χ1v) is 11.8. The number of nitrogens with one attached hydrogen (secondary N) is 1. The number of carbonyl (C=O) groups excluding carboxylic acids is 1. The molecule has 1 aromatic carbocycles. The van der Waals surface area contributed by atoms with Crippen LogP contribution in [0.5, 0.6) is 0 Å². The molecule has 1 heterocycles. The Labute approximate surface area is 175 Å². The van der Waals surface area contributed by atoms with Crippen molar-refractivity contribution in [3.05, 3.63) is 29.8 Å². The summed E-state index contributed by atoms with van der Waals surface area (Å²) in [5.41, 5.74) is -0.883. The fourth-order valence-electron chi connectivity index (χ4n) is 3.99.